The molecular formula is C11H8FN3O. The average molecular weight is 217 g/mol. The molecule has 0 saturated carbocycles. The molecule has 2 heterocycles. The first-order valence-corrected chi connectivity index (χ1v) is 4.57. The number of aromatic nitrogens is 2. The van der Waals surface area contributed by atoms with Gasteiger partial charge in [-0.1, -0.05) is 0 Å². The Morgan fingerprint density at radius 3 is 2.81 bits per heavy atom. The Morgan fingerprint density at radius 2 is 2.12 bits per heavy atom. The van der Waals surface area contributed by atoms with Gasteiger partial charge in [-0.3, -0.25) is 14.8 Å². The van der Waals surface area contributed by atoms with Gasteiger partial charge in [-0.2, -0.15) is 0 Å². The minimum atomic E-state index is -0.496. The van der Waals surface area contributed by atoms with E-state index in [0.717, 1.165) is 6.20 Å². The van der Waals surface area contributed by atoms with Crippen molar-refractivity contribution in [3.63, 3.8) is 0 Å². The Balaban J connectivity index is 2.14. The number of carbonyl (C=O) groups is 1. The zero-order chi connectivity index (χ0) is 11.4. The molecule has 2 aromatic rings. The highest BCUT2D eigenvalue weighted by molar-refractivity contribution is 6.03. The smallest absolute Gasteiger partial charge is 0.257 e. The van der Waals surface area contributed by atoms with Crippen LogP contribution in [0.4, 0.5) is 10.1 Å². The van der Waals surface area contributed by atoms with Crippen LogP contribution in [-0.2, 0) is 0 Å². The lowest BCUT2D eigenvalue weighted by molar-refractivity contribution is 0.102. The van der Waals surface area contributed by atoms with Crippen molar-refractivity contribution in [2.75, 3.05) is 5.32 Å². The summed E-state index contributed by atoms with van der Waals surface area (Å²) >= 11 is 0. The lowest BCUT2D eigenvalue weighted by Crippen LogP contribution is -2.12. The molecule has 1 amide bonds. The average Bonchev–Trinajstić information content (AvgIpc) is 2.30. The minimum Gasteiger partial charge on any atom is -0.320 e. The van der Waals surface area contributed by atoms with Gasteiger partial charge in [0.25, 0.3) is 5.91 Å². The summed E-state index contributed by atoms with van der Waals surface area (Å²) in [7, 11) is 0. The summed E-state index contributed by atoms with van der Waals surface area (Å²) in [5.74, 6) is -0.843. The van der Waals surface area contributed by atoms with Crippen LogP contribution in [0.5, 0.6) is 0 Å². The Bertz CT molecular complexity index is 502. The van der Waals surface area contributed by atoms with E-state index in [1.54, 1.807) is 18.3 Å². The predicted molar refractivity (Wildman–Crippen MR) is 56.4 cm³/mol. The van der Waals surface area contributed by atoms with Gasteiger partial charge in [0.1, 0.15) is 5.82 Å². The number of pyridine rings is 2. The summed E-state index contributed by atoms with van der Waals surface area (Å²) in [6, 6.07) is 4.47. The molecule has 0 aliphatic heterocycles. The van der Waals surface area contributed by atoms with Gasteiger partial charge < -0.3 is 5.32 Å². The first-order valence-electron chi connectivity index (χ1n) is 4.57. The second-order valence-corrected chi connectivity index (χ2v) is 3.09. The molecular weight excluding hydrogens is 209 g/mol. The third kappa shape index (κ3) is 2.38. The molecule has 0 unspecified atom stereocenters. The first kappa shape index (κ1) is 10.2. The summed E-state index contributed by atoms with van der Waals surface area (Å²) in [4.78, 5) is 19.1. The van der Waals surface area contributed by atoms with Crippen LogP contribution in [0.25, 0.3) is 0 Å². The zero-order valence-electron chi connectivity index (χ0n) is 8.22. The maximum Gasteiger partial charge on any atom is 0.257 e. The maximum atomic E-state index is 12.8. The number of rotatable bonds is 2. The molecule has 4 nitrogen and oxygen atoms in total. The predicted octanol–water partition coefficient (Wildman–Crippen LogP) is 1.87. The molecule has 0 radical (unpaired) electrons. The molecule has 0 bridgehead atoms. The third-order valence-corrected chi connectivity index (χ3v) is 1.89. The number of nitrogens with zero attached hydrogens (tertiary/aromatic N) is 2. The first-order chi connectivity index (χ1) is 7.75. The van der Waals surface area contributed by atoms with Gasteiger partial charge >= 0.3 is 0 Å². The SMILES string of the molecule is O=C(Nc1cncc(F)c1)c1cccnc1. The molecule has 0 fully saturated rings. The number of hydrogen-bond donors (Lipinski definition) is 1. The maximum absolute atomic E-state index is 12.8. The summed E-state index contributed by atoms with van der Waals surface area (Å²) in [5.41, 5.74) is 0.723. The molecule has 0 spiro atoms. The van der Waals surface area contributed by atoms with Crippen molar-refractivity contribution < 1.29 is 9.18 Å². The Kier molecular flexibility index (Phi) is 2.86. The number of anilines is 1. The van der Waals surface area contributed by atoms with Crippen LogP contribution in [0.3, 0.4) is 0 Å². The molecule has 0 aliphatic carbocycles. The van der Waals surface area contributed by atoms with E-state index in [4.69, 9.17) is 0 Å². The van der Waals surface area contributed by atoms with Crippen molar-refractivity contribution in [1.29, 1.82) is 0 Å². The zero-order valence-corrected chi connectivity index (χ0v) is 8.22. The number of nitrogens with one attached hydrogen (secondary N) is 1. The highest BCUT2D eigenvalue weighted by Gasteiger charge is 2.05. The molecule has 0 aliphatic rings. The summed E-state index contributed by atoms with van der Waals surface area (Å²) in [6.45, 7) is 0. The van der Waals surface area contributed by atoms with Crippen LogP contribution in [0.1, 0.15) is 10.4 Å². The van der Waals surface area contributed by atoms with Crippen molar-refractivity contribution in [3.05, 3.63) is 54.4 Å². The van der Waals surface area contributed by atoms with Gasteiger partial charge in [-0.05, 0) is 12.1 Å². The van der Waals surface area contributed by atoms with Gasteiger partial charge in [0.15, 0.2) is 0 Å². The molecule has 5 heteroatoms. The van der Waals surface area contributed by atoms with E-state index < -0.39 is 5.82 Å². The Morgan fingerprint density at radius 1 is 1.25 bits per heavy atom. The Labute approximate surface area is 91.2 Å². The van der Waals surface area contributed by atoms with Crippen LogP contribution in [-0.4, -0.2) is 15.9 Å². The van der Waals surface area contributed by atoms with Crippen molar-refractivity contribution >= 4 is 11.6 Å². The lowest BCUT2D eigenvalue weighted by atomic mass is 10.2. The minimum absolute atomic E-state index is 0.314. The molecule has 0 atom stereocenters. The monoisotopic (exact) mass is 217 g/mol. The van der Waals surface area contributed by atoms with Crippen molar-refractivity contribution in [3.8, 4) is 0 Å². The lowest BCUT2D eigenvalue weighted by Gasteiger charge is -2.03. The van der Waals surface area contributed by atoms with E-state index in [1.807, 2.05) is 0 Å². The quantitative estimate of drug-likeness (QED) is 0.835. The topological polar surface area (TPSA) is 54.9 Å². The number of hydrogen-bond acceptors (Lipinski definition) is 3. The van der Waals surface area contributed by atoms with Crippen molar-refractivity contribution in [1.82, 2.24) is 9.97 Å². The largest absolute Gasteiger partial charge is 0.320 e. The van der Waals surface area contributed by atoms with Crippen LogP contribution >= 0.6 is 0 Å². The van der Waals surface area contributed by atoms with Gasteiger partial charge in [-0.15, -0.1) is 0 Å². The van der Waals surface area contributed by atoms with Crippen molar-refractivity contribution in [2.45, 2.75) is 0 Å². The van der Waals surface area contributed by atoms with Crippen LogP contribution in [0.15, 0.2) is 43.0 Å². The van der Waals surface area contributed by atoms with E-state index in [9.17, 15) is 9.18 Å². The molecule has 0 saturated heterocycles. The van der Waals surface area contributed by atoms with Crippen LogP contribution < -0.4 is 5.32 Å². The van der Waals surface area contributed by atoms with E-state index in [1.165, 1.54) is 18.5 Å². The van der Waals surface area contributed by atoms with E-state index in [2.05, 4.69) is 15.3 Å². The molecule has 16 heavy (non-hydrogen) atoms. The highest BCUT2D eigenvalue weighted by atomic mass is 19.1. The fourth-order valence-electron chi connectivity index (χ4n) is 1.18. The second-order valence-electron chi connectivity index (χ2n) is 3.09. The van der Waals surface area contributed by atoms with Crippen molar-refractivity contribution in [2.24, 2.45) is 0 Å². The molecule has 80 valence electrons. The summed E-state index contributed by atoms with van der Waals surface area (Å²) < 4.78 is 12.8. The number of amides is 1. The second kappa shape index (κ2) is 4.48. The fraction of sp³-hybridized carbons (Fsp3) is 0. The van der Waals surface area contributed by atoms with Crippen LogP contribution in [0.2, 0.25) is 0 Å². The third-order valence-electron chi connectivity index (χ3n) is 1.89. The standard InChI is InChI=1S/C11H8FN3O/c12-9-4-10(7-14-6-9)15-11(16)8-2-1-3-13-5-8/h1-7H,(H,15,16). The fourth-order valence-corrected chi connectivity index (χ4v) is 1.18. The normalized spacial score (nSPS) is 9.81. The summed E-state index contributed by atoms with van der Waals surface area (Å²) in [6.07, 6.45) is 5.44. The molecule has 2 rings (SSSR count). The van der Waals surface area contributed by atoms with Gasteiger partial charge in [0.05, 0.1) is 23.6 Å². The number of carbonyl (C=O) groups excluding carboxylic acids is 1. The van der Waals surface area contributed by atoms with Gasteiger partial charge in [0, 0.05) is 18.5 Å². The van der Waals surface area contributed by atoms with E-state index >= 15 is 0 Å². The van der Waals surface area contributed by atoms with Gasteiger partial charge in [0.2, 0.25) is 0 Å². The molecule has 2 aromatic heterocycles. The van der Waals surface area contributed by atoms with Gasteiger partial charge in [-0.25, -0.2) is 4.39 Å². The van der Waals surface area contributed by atoms with E-state index in [-0.39, 0.29) is 5.91 Å². The highest BCUT2D eigenvalue weighted by Crippen LogP contribution is 2.08. The van der Waals surface area contributed by atoms with E-state index in [0.29, 0.717) is 11.3 Å². The summed E-state index contributed by atoms with van der Waals surface area (Å²) in [5, 5.41) is 2.52. The number of halogens is 1. The molecule has 0 aromatic carbocycles. The van der Waals surface area contributed by atoms with Crippen LogP contribution in [0, 0.1) is 5.82 Å². The molecule has 1 N–H and O–H groups in total. The Hall–Kier alpha value is -2.30.